The number of halogens is 1. The molecule has 3 rings (SSSR count). The highest BCUT2D eigenvalue weighted by Crippen LogP contribution is 2.30. The Labute approximate surface area is 130 Å². The number of hydrogen-bond acceptors (Lipinski definition) is 4. The summed E-state index contributed by atoms with van der Waals surface area (Å²) in [4.78, 5) is 1.04. The molecule has 0 aromatic carbocycles. The zero-order valence-electron chi connectivity index (χ0n) is 11.7. The lowest BCUT2D eigenvalue weighted by Crippen LogP contribution is -2.47. The van der Waals surface area contributed by atoms with E-state index in [0.717, 1.165) is 23.3 Å². The molecule has 114 valence electrons. The van der Waals surface area contributed by atoms with Gasteiger partial charge in [-0.2, -0.15) is 0 Å². The Morgan fingerprint density at radius 1 is 1.25 bits per heavy atom. The molecule has 0 amide bonds. The number of rotatable bonds is 3. The van der Waals surface area contributed by atoms with Crippen molar-refractivity contribution in [2.75, 3.05) is 0 Å². The molecular formula is C13H21ClN2O2S2. The van der Waals surface area contributed by atoms with Gasteiger partial charge >= 0.3 is 0 Å². The summed E-state index contributed by atoms with van der Waals surface area (Å²) in [5.41, 5.74) is 0.854. The molecule has 2 fully saturated rings. The number of sulfonamides is 1. The third-order valence-corrected chi connectivity index (χ3v) is 7.34. The molecule has 2 N–H and O–H groups in total. The zero-order valence-corrected chi connectivity index (χ0v) is 14.1. The van der Waals surface area contributed by atoms with Crippen molar-refractivity contribution in [3.63, 3.8) is 0 Å². The van der Waals surface area contributed by atoms with Crippen molar-refractivity contribution in [3.05, 3.63) is 16.5 Å². The van der Waals surface area contributed by atoms with Gasteiger partial charge < -0.3 is 5.32 Å². The molecule has 2 atom stereocenters. The molecule has 2 bridgehead atoms. The van der Waals surface area contributed by atoms with E-state index in [4.69, 9.17) is 0 Å². The fourth-order valence-electron chi connectivity index (χ4n) is 3.31. The molecule has 20 heavy (non-hydrogen) atoms. The Kier molecular flexibility index (Phi) is 4.81. The van der Waals surface area contributed by atoms with Gasteiger partial charge in [-0.05, 0) is 51.2 Å². The van der Waals surface area contributed by atoms with Crippen LogP contribution in [0.4, 0.5) is 0 Å². The van der Waals surface area contributed by atoms with Crippen molar-refractivity contribution in [1.29, 1.82) is 0 Å². The molecule has 1 aromatic rings. The maximum absolute atomic E-state index is 12.4. The number of nitrogens with one attached hydrogen (secondary N) is 2. The fraction of sp³-hybridized carbons (Fsp3) is 0.692. The lowest BCUT2D eigenvalue weighted by molar-refractivity contribution is 0.345. The largest absolute Gasteiger partial charge is 0.311 e. The minimum absolute atomic E-state index is 0. The van der Waals surface area contributed by atoms with Gasteiger partial charge in [0, 0.05) is 23.0 Å². The van der Waals surface area contributed by atoms with Crippen LogP contribution in [0.1, 0.15) is 36.1 Å². The zero-order chi connectivity index (χ0) is 13.6. The fourth-order valence-corrected chi connectivity index (χ4v) is 6.26. The predicted molar refractivity (Wildman–Crippen MR) is 84.3 cm³/mol. The molecule has 1 aromatic heterocycles. The number of hydrogen-bond donors (Lipinski definition) is 2. The van der Waals surface area contributed by atoms with Crippen LogP contribution in [0.15, 0.2) is 10.3 Å². The van der Waals surface area contributed by atoms with Gasteiger partial charge in [-0.15, -0.1) is 23.7 Å². The van der Waals surface area contributed by atoms with Gasteiger partial charge in [-0.25, -0.2) is 13.1 Å². The molecule has 2 unspecified atom stereocenters. The van der Waals surface area contributed by atoms with Crippen LogP contribution >= 0.6 is 23.7 Å². The van der Waals surface area contributed by atoms with Crippen molar-refractivity contribution in [2.24, 2.45) is 0 Å². The van der Waals surface area contributed by atoms with Gasteiger partial charge in [0.15, 0.2) is 0 Å². The van der Waals surface area contributed by atoms with Gasteiger partial charge in [0.05, 0.1) is 0 Å². The summed E-state index contributed by atoms with van der Waals surface area (Å²) in [6.07, 6.45) is 4.19. The van der Waals surface area contributed by atoms with E-state index < -0.39 is 10.0 Å². The van der Waals surface area contributed by atoms with Crippen molar-refractivity contribution >= 4 is 33.8 Å². The first-order valence-electron chi connectivity index (χ1n) is 6.79. The first-order chi connectivity index (χ1) is 8.94. The number of aryl methyl sites for hydroxylation is 2. The molecule has 0 saturated carbocycles. The maximum atomic E-state index is 12.4. The normalized spacial score (nSPS) is 29.2. The second kappa shape index (κ2) is 5.93. The molecule has 0 spiro atoms. The predicted octanol–water partition coefficient (Wildman–Crippen LogP) is 2.35. The number of fused-ring (bicyclic) bond motifs is 2. The van der Waals surface area contributed by atoms with E-state index in [1.807, 2.05) is 19.9 Å². The van der Waals surface area contributed by atoms with Crippen molar-refractivity contribution in [3.8, 4) is 0 Å². The summed E-state index contributed by atoms with van der Waals surface area (Å²) in [5, 5.41) is 3.53. The number of thiophene rings is 1. The Hall–Kier alpha value is -0.140. The Balaban J connectivity index is 0.00000147. The standard InChI is InChI=1S/C13H20N2O2S2.ClH/c1-8-5-9(2)18-13(8)19(16,17)15-12-6-10-3-4-11(7-12)14-10;/h5,10-12,14-15H,3-4,6-7H2,1-2H3;1H. The minimum Gasteiger partial charge on any atom is -0.311 e. The van der Waals surface area contributed by atoms with E-state index in [1.54, 1.807) is 0 Å². The van der Waals surface area contributed by atoms with Gasteiger partial charge in [0.2, 0.25) is 0 Å². The highest BCUT2D eigenvalue weighted by molar-refractivity contribution is 7.91. The van der Waals surface area contributed by atoms with Crippen LogP contribution in [0.3, 0.4) is 0 Å². The summed E-state index contributed by atoms with van der Waals surface area (Å²) in [6, 6.07) is 3.02. The minimum atomic E-state index is -3.35. The molecule has 3 heterocycles. The first-order valence-corrected chi connectivity index (χ1v) is 9.09. The molecule has 7 heteroatoms. The molecule has 2 saturated heterocycles. The average Bonchev–Trinajstić information content (AvgIpc) is 2.81. The van der Waals surface area contributed by atoms with E-state index in [1.165, 1.54) is 24.2 Å². The van der Waals surface area contributed by atoms with Gasteiger partial charge in [0.25, 0.3) is 10.0 Å². The van der Waals surface area contributed by atoms with Crippen molar-refractivity contribution in [1.82, 2.24) is 10.0 Å². The van der Waals surface area contributed by atoms with Crippen LogP contribution in [-0.2, 0) is 10.0 Å². The van der Waals surface area contributed by atoms with Crippen LogP contribution < -0.4 is 10.0 Å². The first kappa shape index (κ1) is 16.2. The van der Waals surface area contributed by atoms with Crippen molar-refractivity contribution in [2.45, 2.75) is 61.9 Å². The van der Waals surface area contributed by atoms with Crippen LogP contribution in [0.5, 0.6) is 0 Å². The topological polar surface area (TPSA) is 58.2 Å². The molecule has 2 aliphatic rings. The lowest BCUT2D eigenvalue weighted by atomic mass is 10.0. The molecule has 2 aliphatic heterocycles. The monoisotopic (exact) mass is 336 g/mol. The molecule has 4 nitrogen and oxygen atoms in total. The summed E-state index contributed by atoms with van der Waals surface area (Å²) < 4.78 is 28.3. The maximum Gasteiger partial charge on any atom is 0.250 e. The third kappa shape index (κ3) is 3.20. The summed E-state index contributed by atoms with van der Waals surface area (Å²) in [6.45, 7) is 3.81. The van der Waals surface area contributed by atoms with Crippen molar-refractivity contribution < 1.29 is 8.42 Å². The van der Waals surface area contributed by atoms with Crippen LogP contribution in [-0.4, -0.2) is 26.5 Å². The van der Waals surface area contributed by atoms with Gasteiger partial charge in [-0.1, -0.05) is 0 Å². The second-order valence-corrected chi connectivity index (χ2v) is 8.92. The summed E-state index contributed by atoms with van der Waals surface area (Å²) in [5.74, 6) is 0. The average molecular weight is 337 g/mol. The van der Waals surface area contributed by atoms with E-state index in [-0.39, 0.29) is 18.4 Å². The van der Waals surface area contributed by atoms with Crippen LogP contribution in [0.25, 0.3) is 0 Å². The summed E-state index contributed by atoms with van der Waals surface area (Å²) >= 11 is 1.36. The van der Waals surface area contributed by atoms with Gasteiger partial charge in [0.1, 0.15) is 4.21 Å². The van der Waals surface area contributed by atoms with Crippen LogP contribution in [0, 0.1) is 13.8 Å². The SMILES string of the molecule is Cc1cc(C)c(S(=O)(=O)NC2CC3CCC(C2)N3)s1.Cl. The summed E-state index contributed by atoms with van der Waals surface area (Å²) in [7, 11) is -3.35. The highest BCUT2D eigenvalue weighted by Gasteiger charge is 2.35. The van der Waals surface area contributed by atoms with E-state index >= 15 is 0 Å². The van der Waals surface area contributed by atoms with E-state index in [9.17, 15) is 8.42 Å². The van der Waals surface area contributed by atoms with Crippen LogP contribution in [0.2, 0.25) is 0 Å². The molecule has 0 aliphatic carbocycles. The van der Waals surface area contributed by atoms with E-state index in [2.05, 4.69) is 10.0 Å². The quantitative estimate of drug-likeness (QED) is 0.890. The lowest BCUT2D eigenvalue weighted by Gasteiger charge is -2.29. The second-order valence-electron chi connectivity index (χ2n) is 5.75. The Bertz CT molecular complexity index is 573. The smallest absolute Gasteiger partial charge is 0.250 e. The third-order valence-electron chi connectivity index (χ3n) is 4.03. The molecular weight excluding hydrogens is 316 g/mol. The highest BCUT2D eigenvalue weighted by atomic mass is 35.5. The Morgan fingerprint density at radius 3 is 2.35 bits per heavy atom. The molecule has 0 radical (unpaired) electrons. The van der Waals surface area contributed by atoms with E-state index in [0.29, 0.717) is 16.3 Å². The Morgan fingerprint density at radius 2 is 1.85 bits per heavy atom. The van der Waals surface area contributed by atoms with Gasteiger partial charge in [-0.3, -0.25) is 0 Å². The number of piperidine rings is 1.